The summed E-state index contributed by atoms with van der Waals surface area (Å²) in [5.74, 6) is 2.61. The minimum Gasteiger partial charge on any atom is -1.00 e. The normalized spacial score (nSPS) is 16.3. The molecule has 0 aliphatic carbocycles. The molecular formula is C26H30ClN3O3. The quantitative estimate of drug-likeness (QED) is 0.433. The van der Waals surface area contributed by atoms with Gasteiger partial charge < -0.3 is 36.8 Å². The molecule has 1 fully saturated rings. The van der Waals surface area contributed by atoms with Crippen LogP contribution < -0.4 is 36.5 Å². The SMILES string of the molecule is COc1ccc2cc3[n+](cc2c1NCCCN1CCCC1)CCc1cc2c(cc1-3)OCO2.[Cl-]. The average molecular weight is 468 g/mol. The second kappa shape index (κ2) is 9.27. The highest BCUT2D eigenvalue weighted by molar-refractivity contribution is 5.97. The third-order valence-electron chi connectivity index (χ3n) is 7.00. The number of aryl methyl sites for hydroxylation is 2. The minimum absolute atomic E-state index is 0. The summed E-state index contributed by atoms with van der Waals surface area (Å²) in [4.78, 5) is 2.57. The number of hydrogen-bond acceptors (Lipinski definition) is 5. The molecule has 2 aromatic carbocycles. The average Bonchev–Trinajstić information content (AvgIpc) is 3.51. The van der Waals surface area contributed by atoms with Crippen LogP contribution in [-0.2, 0) is 13.0 Å². The maximum Gasteiger partial charge on any atom is 0.231 e. The molecule has 3 aromatic rings. The number of nitrogens with zero attached hydrogens (tertiary/aromatic N) is 2. The molecule has 174 valence electrons. The molecule has 0 saturated carbocycles. The first-order chi connectivity index (χ1) is 15.8. The van der Waals surface area contributed by atoms with E-state index in [0.717, 1.165) is 55.4 Å². The molecule has 3 aliphatic rings. The first-order valence-electron chi connectivity index (χ1n) is 11.7. The molecule has 3 aliphatic heterocycles. The minimum atomic E-state index is 0. The fraction of sp³-hybridized carbons (Fsp3) is 0.423. The molecule has 0 unspecified atom stereocenters. The van der Waals surface area contributed by atoms with Gasteiger partial charge in [0, 0.05) is 19.0 Å². The molecular weight excluding hydrogens is 438 g/mol. The van der Waals surface area contributed by atoms with Crippen molar-refractivity contribution in [2.45, 2.75) is 32.2 Å². The van der Waals surface area contributed by atoms with E-state index >= 15 is 0 Å². The largest absolute Gasteiger partial charge is 1.00 e. The zero-order chi connectivity index (χ0) is 21.5. The number of ether oxygens (including phenoxy) is 3. The van der Waals surface area contributed by atoms with Gasteiger partial charge in [0.25, 0.3) is 0 Å². The van der Waals surface area contributed by atoms with Gasteiger partial charge in [-0.2, -0.15) is 4.57 Å². The lowest BCUT2D eigenvalue weighted by molar-refractivity contribution is -0.686. The summed E-state index contributed by atoms with van der Waals surface area (Å²) in [6, 6.07) is 10.8. The molecule has 6 nitrogen and oxygen atoms in total. The van der Waals surface area contributed by atoms with Gasteiger partial charge in [-0.15, -0.1) is 0 Å². The van der Waals surface area contributed by atoms with E-state index in [4.69, 9.17) is 14.2 Å². The molecule has 7 heteroatoms. The first-order valence-corrected chi connectivity index (χ1v) is 11.7. The zero-order valence-corrected chi connectivity index (χ0v) is 19.8. The molecule has 1 aromatic heterocycles. The summed E-state index contributed by atoms with van der Waals surface area (Å²) in [6.45, 7) is 5.87. The smallest absolute Gasteiger partial charge is 0.231 e. The van der Waals surface area contributed by atoms with E-state index in [1.807, 2.05) is 0 Å². The van der Waals surface area contributed by atoms with Crippen molar-refractivity contribution in [3.63, 3.8) is 0 Å². The number of methoxy groups -OCH3 is 1. The Labute approximate surface area is 200 Å². The standard InChI is InChI=1S/C26H29N3O3.ClH/c1-30-23-6-5-18-13-22-20-15-25-24(31-17-32-25)14-19(20)7-12-29(22)16-21(18)26(23)27-8-4-11-28-9-2-3-10-28;/h5-6,13-16H,2-4,7-12,17H2,1H3;1H. The topological polar surface area (TPSA) is 46.8 Å². The Hall–Kier alpha value is -2.70. The van der Waals surface area contributed by atoms with Gasteiger partial charge in [0.2, 0.25) is 12.5 Å². The Morgan fingerprint density at radius 2 is 1.91 bits per heavy atom. The molecule has 6 rings (SSSR count). The third-order valence-corrected chi connectivity index (χ3v) is 7.00. The van der Waals surface area contributed by atoms with Gasteiger partial charge in [0.05, 0.1) is 23.7 Å². The lowest BCUT2D eigenvalue weighted by Crippen LogP contribution is -3.00. The van der Waals surface area contributed by atoms with Crippen LogP contribution in [0, 0.1) is 0 Å². The highest BCUT2D eigenvalue weighted by Gasteiger charge is 2.28. The number of aromatic nitrogens is 1. The molecule has 0 bridgehead atoms. The Morgan fingerprint density at radius 1 is 1.09 bits per heavy atom. The monoisotopic (exact) mass is 467 g/mol. The van der Waals surface area contributed by atoms with Crippen molar-refractivity contribution in [2.75, 3.05) is 45.4 Å². The fourth-order valence-electron chi connectivity index (χ4n) is 5.30. The number of likely N-dealkylation sites (tertiary alicyclic amines) is 1. The van der Waals surface area contributed by atoms with Crippen LogP contribution in [0.25, 0.3) is 22.0 Å². The summed E-state index contributed by atoms with van der Waals surface area (Å²) in [6.07, 6.45) is 7.09. The maximum atomic E-state index is 5.72. The molecule has 33 heavy (non-hydrogen) atoms. The van der Waals surface area contributed by atoms with Crippen LogP contribution in [0.1, 0.15) is 24.8 Å². The number of anilines is 1. The van der Waals surface area contributed by atoms with Gasteiger partial charge in [0.1, 0.15) is 5.75 Å². The van der Waals surface area contributed by atoms with Gasteiger partial charge in [-0.25, -0.2) is 0 Å². The summed E-state index contributed by atoms with van der Waals surface area (Å²) >= 11 is 0. The van der Waals surface area contributed by atoms with E-state index in [-0.39, 0.29) is 12.4 Å². The van der Waals surface area contributed by atoms with Crippen LogP contribution in [0.2, 0.25) is 0 Å². The van der Waals surface area contributed by atoms with Gasteiger partial charge in [-0.1, -0.05) is 6.07 Å². The lowest BCUT2D eigenvalue weighted by Gasteiger charge is -2.19. The number of nitrogens with one attached hydrogen (secondary N) is 1. The molecule has 0 spiro atoms. The summed E-state index contributed by atoms with van der Waals surface area (Å²) in [5, 5.41) is 6.11. The van der Waals surface area contributed by atoms with Crippen LogP contribution >= 0.6 is 0 Å². The van der Waals surface area contributed by atoms with Crippen molar-refractivity contribution in [3.05, 3.63) is 42.1 Å². The van der Waals surface area contributed by atoms with Crippen molar-refractivity contribution >= 4 is 16.5 Å². The van der Waals surface area contributed by atoms with E-state index in [1.165, 1.54) is 53.5 Å². The number of pyridine rings is 1. The Kier molecular flexibility index (Phi) is 6.21. The van der Waals surface area contributed by atoms with E-state index < -0.39 is 0 Å². The Morgan fingerprint density at radius 3 is 2.73 bits per heavy atom. The van der Waals surface area contributed by atoms with Crippen LogP contribution in [0.3, 0.4) is 0 Å². The van der Waals surface area contributed by atoms with Crippen molar-refractivity contribution < 1.29 is 31.2 Å². The van der Waals surface area contributed by atoms with Gasteiger partial charge in [0.15, 0.2) is 24.2 Å². The van der Waals surface area contributed by atoms with Crippen LogP contribution in [0.4, 0.5) is 5.69 Å². The maximum absolute atomic E-state index is 5.72. The third kappa shape index (κ3) is 4.06. The molecule has 4 heterocycles. The second-order valence-corrected chi connectivity index (χ2v) is 8.94. The van der Waals surface area contributed by atoms with E-state index in [2.05, 4.69) is 51.3 Å². The Bertz CT molecular complexity index is 1180. The van der Waals surface area contributed by atoms with Crippen molar-refractivity contribution in [3.8, 4) is 28.5 Å². The molecule has 0 atom stereocenters. The lowest BCUT2D eigenvalue weighted by atomic mass is 9.95. The van der Waals surface area contributed by atoms with Crippen molar-refractivity contribution in [1.82, 2.24) is 4.90 Å². The molecule has 0 amide bonds. The number of halogens is 1. The van der Waals surface area contributed by atoms with Crippen LogP contribution in [0.5, 0.6) is 17.2 Å². The first kappa shape index (κ1) is 22.1. The molecule has 0 radical (unpaired) electrons. The molecule has 1 saturated heterocycles. The van der Waals surface area contributed by atoms with Crippen LogP contribution in [-0.4, -0.2) is 45.0 Å². The van der Waals surface area contributed by atoms with Crippen molar-refractivity contribution in [1.29, 1.82) is 0 Å². The summed E-state index contributed by atoms with van der Waals surface area (Å²) in [5.41, 5.74) is 4.88. The predicted octanol–water partition coefficient (Wildman–Crippen LogP) is 0.990. The fourth-order valence-corrected chi connectivity index (χ4v) is 5.30. The highest BCUT2D eigenvalue weighted by Crippen LogP contribution is 2.41. The Balaban J connectivity index is 0.00000228. The summed E-state index contributed by atoms with van der Waals surface area (Å²) < 4.78 is 19.3. The van der Waals surface area contributed by atoms with E-state index in [0.29, 0.717) is 6.79 Å². The summed E-state index contributed by atoms with van der Waals surface area (Å²) in [7, 11) is 1.75. The van der Waals surface area contributed by atoms with Crippen molar-refractivity contribution in [2.24, 2.45) is 0 Å². The zero-order valence-electron chi connectivity index (χ0n) is 19.0. The number of rotatable bonds is 6. The van der Waals surface area contributed by atoms with Gasteiger partial charge in [-0.05, 0) is 68.0 Å². The van der Waals surface area contributed by atoms with Gasteiger partial charge >= 0.3 is 0 Å². The number of hydrogen-bond donors (Lipinski definition) is 1. The molecule has 1 N–H and O–H groups in total. The van der Waals surface area contributed by atoms with E-state index in [9.17, 15) is 0 Å². The van der Waals surface area contributed by atoms with E-state index in [1.54, 1.807) is 7.11 Å². The van der Waals surface area contributed by atoms with Crippen LogP contribution in [0.15, 0.2) is 36.5 Å². The number of benzene rings is 2. The highest BCUT2D eigenvalue weighted by atomic mass is 35.5. The predicted molar refractivity (Wildman–Crippen MR) is 125 cm³/mol. The van der Waals surface area contributed by atoms with Gasteiger partial charge in [-0.3, -0.25) is 0 Å². The number of fused-ring (bicyclic) bond motifs is 5. The second-order valence-electron chi connectivity index (χ2n) is 8.94.